The van der Waals surface area contributed by atoms with E-state index in [2.05, 4.69) is 24.1 Å². The summed E-state index contributed by atoms with van der Waals surface area (Å²) >= 11 is 0. The maximum atomic E-state index is 6.15. The van der Waals surface area contributed by atoms with Crippen LogP contribution in [0.3, 0.4) is 0 Å². The topological polar surface area (TPSA) is 33.7 Å². The molecule has 21 heavy (non-hydrogen) atoms. The van der Waals surface area contributed by atoms with Crippen molar-refractivity contribution in [2.24, 2.45) is 5.92 Å². The van der Waals surface area contributed by atoms with Crippen LogP contribution in [0.15, 0.2) is 0 Å². The molecule has 2 aliphatic heterocycles. The summed E-state index contributed by atoms with van der Waals surface area (Å²) in [6, 6.07) is 0.491. The number of morpholine rings is 1. The first-order valence-electron chi connectivity index (χ1n) is 8.97. The van der Waals surface area contributed by atoms with Crippen molar-refractivity contribution in [1.82, 2.24) is 10.2 Å². The van der Waals surface area contributed by atoms with Gasteiger partial charge in [0.05, 0.1) is 18.3 Å². The Bertz CT molecular complexity index is 333. The Kier molecular flexibility index (Phi) is 5.20. The zero-order valence-corrected chi connectivity index (χ0v) is 13.8. The van der Waals surface area contributed by atoms with Crippen LogP contribution in [-0.2, 0) is 9.47 Å². The molecule has 1 aliphatic carbocycles. The number of hydrogen-bond acceptors (Lipinski definition) is 4. The average Bonchev–Trinajstić information content (AvgIpc) is 2.51. The minimum Gasteiger partial charge on any atom is -0.375 e. The van der Waals surface area contributed by atoms with Gasteiger partial charge in [0.2, 0.25) is 0 Å². The van der Waals surface area contributed by atoms with Crippen LogP contribution in [0.1, 0.15) is 46.0 Å². The van der Waals surface area contributed by atoms with E-state index in [4.69, 9.17) is 9.47 Å². The van der Waals surface area contributed by atoms with Crippen molar-refractivity contribution in [1.29, 1.82) is 0 Å². The monoisotopic (exact) mass is 296 g/mol. The first-order chi connectivity index (χ1) is 10.3. The van der Waals surface area contributed by atoms with Gasteiger partial charge in [0, 0.05) is 25.7 Å². The van der Waals surface area contributed by atoms with E-state index in [0.29, 0.717) is 18.1 Å². The van der Waals surface area contributed by atoms with Crippen LogP contribution >= 0.6 is 0 Å². The predicted octanol–water partition coefficient (Wildman–Crippen LogP) is 2.03. The number of likely N-dealkylation sites (N-methyl/N-ethyl adjacent to an activating group) is 2. The fourth-order valence-corrected chi connectivity index (χ4v) is 4.37. The third-order valence-electron chi connectivity index (χ3n) is 5.77. The Morgan fingerprint density at radius 3 is 2.81 bits per heavy atom. The van der Waals surface area contributed by atoms with E-state index in [1.807, 2.05) is 0 Å². The minimum atomic E-state index is 0.232. The molecule has 3 unspecified atom stereocenters. The lowest BCUT2D eigenvalue weighted by molar-refractivity contribution is -0.156. The fourth-order valence-electron chi connectivity index (χ4n) is 4.37. The highest BCUT2D eigenvalue weighted by molar-refractivity contribution is 4.99. The molecule has 3 atom stereocenters. The molecule has 1 spiro atoms. The molecule has 0 bridgehead atoms. The molecule has 0 amide bonds. The SMILES string of the molecule is CCNC(C1CCOC2(CCC2)C1)C1CN(CC)CCO1. The molecule has 3 rings (SSSR count). The van der Waals surface area contributed by atoms with E-state index in [-0.39, 0.29) is 5.60 Å². The van der Waals surface area contributed by atoms with Crippen molar-refractivity contribution in [3.63, 3.8) is 0 Å². The molecule has 1 N–H and O–H groups in total. The minimum absolute atomic E-state index is 0.232. The molecular weight excluding hydrogens is 264 g/mol. The van der Waals surface area contributed by atoms with Gasteiger partial charge in [-0.05, 0) is 51.1 Å². The highest BCUT2D eigenvalue weighted by atomic mass is 16.5. The predicted molar refractivity (Wildman–Crippen MR) is 84.6 cm³/mol. The fraction of sp³-hybridized carbons (Fsp3) is 1.00. The van der Waals surface area contributed by atoms with Crippen molar-refractivity contribution in [2.45, 2.75) is 63.7 Å². The van der Waals surface area contributed by atoms with Crippen molar-refractivity contribution >= 4 is 0 Å². The highest BCUT2D eigenvalue weighted by Gasteiger charge is 2.46. The molecule has 122 valence electrons. The first-order valence-corrected chi connectivity index (χ1v) is 8.97. The maximum Gasteiger partial charge on any atom is 0.0857 e. The zero-order chi connectivity index (χ0) is 14.7. The van der Waals surface area contributed by atoms with Gasteiger partial charge in [-0.25, -0.2) is 0 Å². The Hall–Kier alpha value is -0.160. The van der Waals surface area contributed by atoms with Gasteiger partial charge in [0.15, 0.2) is 0 Å². The summed E-state index contributed by atoms with van der Waals surface area (Å²) in [5.74, 6) is 0.709. The van der Waals surface area contributed by atoms with Gasteiger partial charge in [-0.3, -0.25) is 4.90 Å². The third-order valence-corrected chi connectivity index (χ3v) is 5.77. The molecule has 0 radical (unpaired) electrons. The summed E-state index contributed by atoms with van der Waals surface area (Å²) in [5.41, 5.74) is 0.232. The molecule has 0 aromatic carbocycles. The number of nitrogens with zero attached hydrogens (tertiary/aromatic N) is 1. The van der Waals surface area contributed by atoms with Gasteiger partial charge in [-0.2, -0.15) is 0 Å². The molecule has 0 aromatic rings. The average molecular weight is 296 g/mol. The van der Waals surface area contributed by atoms with Crippen molar-refractivity contribution in [3.8, 4) is 0 Å². The van der Waals surface area contributed by atoms with Crippen molar-refractivity contribution in [2.75, 3.05) is 39.4 Å². The Balaban J connectivity index is 1.65. The van der Waals surface area contributed by atoms with E-state index in [1.165, 1.54) is 32.1 Å². The second-order valence-corrected chi connectivity index (χ2v) is 7.02. The van der Waals surface area contributed by atoms with Crippen LogP contribution in [0.4, 0.5) is 0 Å². The summed E-state index contributed by atoms with van der Waals surface area (Å²) in [4.78, 5) is 2.52. The molecule has 0 aromatic heterocycles. The van der Waals surface area contributed by atoms with E-state index < -0.39 is 0 Å². The summed E-state index contributed by atoms with van der Waals surface area (Å²) in [6.07, 6.45) is 6.66. The lowest BCUT2D eigenvalue weighted by Crippen LogP contribution is -2.58. The Morgan fingerprint density at radius 1 is 1.29 bits per heavy atom. The Labute approximate surface area is 129 Å². The standard InChI is InChI=1S/C17H32N2O2/c1-3-18-16(15-13-19(4-2)9-11-20-15)14-6-10-21-17(12-14)7-5-8-17/h14-16,18H,3-13H2,1-2H3. The van der Waals surface area contributed by atoms with Crippen LogP contribution < -0.4 is 5.32 Å². The van der Waals surface area contributed by atoms with E-state index in [0.717, 1.165) is 39.4 Å². The number of nitrogens with one attached hydrogen (secondary N) is 1. The molecule has 4 heteroatoms. The smallest absolute Gasteiger partial charge is 0.0857 e. The van der Waals surface area contributed by atoms with Gasteiger partial charge in [0.1, 0.15) is 0 Å². The lowest BCUT2D eigenvalue weighted by Gasteiger charge is -2.50. The van der Waals surface area contributed by atoms with E-state index in [1.54, 1.807) is 0 Å². The molecular formula is C17H32N2O2. The summed E-state index contributed by atoms with van der Waals surface area (Å²) in [6.45, 7) is 10.6. The number of ether oxygens (including phenoxy) is 2. The van der Waals surface area contributed by atoms with Crippen LogP contribution in [0, 0.1) is 5.92 Å². The van der Waals surface area contributed by atoms with Gasteiger partial charge in [0.25, 0.3) is 0 Å². The molecule has 2 saturated heterocycles. The van der Waals surface area contributed by atoms with Gasteiger partial charge in [-0.1, -0.05) is 13.8 Å². The van der Waals surface area contributed by atoms with Crippen LogP contribution in [0.25, 0.3) is 0 Å². The van der Waals surface area contributed by atoms with Crippen LogP contribution in [0.2, 0.25) is 0 Å². The van der Waals surface area contributed by atoms with E-state index >= 15 is 0 Å². The zero-order valence-electron chi connectivity index (χ0n) is 13.8. The highest BCUT2D eigenvalue weighted by Crippen LogP contribution is 2.45. The van der Waals surface area contributed by atoms with Crippen molar-refractivity contribution in [3.05, 3.63) is 0 Å². The maximum absolute atomic E-state index is 6.15. The molecule has 3 fully saturated rings. The van der Waals surface area contributed by atoms with Crippen LogP contribution in [0.5, 0.6) is 0 Å². The van der Waals surface area contributed by atoms with Gasteiger partial charge >= 0.3 is 0 Å². The number of rotatable bonds is 5. The van der Waals surface area contributed by atoms with Gasteiger partial charge in [-0.15, -0.1) is 0 Å². The molecule has 2 heterocycles. The molecule has 4 nitrogen and oxygen atoms in total. The van der Waals surface area contributed by atoms with Gasteiger partial charge < -0.3 is 14.8 Å². The summed E-state index contributed by atoms with van der Waals surface area (Å²) in [7, 11) is 0. The normalized spacial score (nSPS) is 34.6. The molecule has 3 aliphatic rings. The summed E-state index contributed by atoms with van der Waals surface area (Å²) in [5, 5.41) is 3.75. The Morgan fingerprint density at radius 2 is 2.14 bits per heavy atom. The largest absolute Gasteiger partial charge is 0.375 e. The summed E-state index contributed by atoms with van der Waals surface area (Å²) < 4.78 is 12.3. The molecule has 1 saturated carbocycles. The second kappa shape index (κ2) is 6.95. The van der Waals surface area contributed by atoms with Crippen molar-refractivity contribution < 1.29 is 9.47 Å². The third kappa shape index (κ3) is 3.44. The lowest BCUT2D eigenvalue weighted by atomic mass is 9.69. The van der Waals surface area contributed by atoms with Crippen LogP contribution in [-0.4, -0.2) is 62.0 Å². The first kappa shape index (κ1) is 15.7. The van der Waals surface area contributed by atoms with E-state index in [9.17, 15) is 0 Å². The number of hydrogen-bond donors (Lipinski definition) is 1. The quantitative estimate of drug-likeness (QED) is 0.842. The second-order valence-electron chi connectivity index (χ2n) is 7.02.